The quantitative estimate of drug-likeness (QED) is 0.685. The minimum absolute atomic E-state index is 0.355. The van der Waals surface area contributed by atoms with Crippen LogP contribution in [0.25, 0.3) is 10.8 Å². The van der Waals surface area contributed by atoms with Gasteiger partial charge in [-0.15, -0.1) is 11.8 Å². The average molecular weight is 266 g/mol. The number of benzene rings is 3. The van der Waals surface area contributed by atoms with Crippen molar-refractivity contribution in [3.8, 4) is 5.75 Å². The normalized spacial score (nSPS) is 10.7. The van der Waals surface area contributed by atoms with E-state index >= 15 is 0 Å². The fraction of sp³-hybridized carbons (Fsp3) is 0.0588. The van der Waals surface area contributed by atoms with Crippen LogP contribution in [-0.4, -0.2) is 5.11 Å². The number of fused-ring (bicyclic) bond motifs is 1. The summed E-state index contributed by atoms with van der Waals surface area (Å²) in [7, 11) is 0. The van der Waals surface area contributed by atoms with Gasteiger partial charge in [0.2, 0.25) is 0 Å². The Labute approximate surface area is 116 Å². The molecule has 0 saturated heterocycles. The van der Waals surface area contributed by atoms with Gasteiger partial charge in [0.25, 0.3) is 0 Å². The van der Waals surface area contributed by atoms with Crippen LogP contribution in [-0.2, 0) is 5.75 Å². The zero-order chi connectivity index (χ0) is 13.1. The van der Waals surface area contributed by atoms with Crippen molar-refractivity contribution in [3.63, 3.8) is 0 Å². The molecule has 3 aromatic rings. The second kappa shape index (κ2) is 5.37. The third kappa shape index (κ3) is 2.74. The van der Waals surface area contributed by atoms with Crippen molar-refractivity contribution in [2.24, 2.45) is 0 Å². The van der Waals surface area contributed by atoms with Gasteiger partial charge in [-0.1, -0.05) is 54.6 Å². The van der Waals surface area contributed by atoms with Gasteiger partial charge in [0.05, 0.1) is 0 Å². The van der Waals surface area contributed by atoms with E-state index in [1.807, 2.05) is 18.2 Å². The minimum Gasteiger partial charge on any atom is -0.507 e. The first-order chi connectivity index (χ1) is 9.33. The van der Waals surface area contributed by atoms with Crippen molar-refractivity contribution < 1.29 is 5.11 Å². The van der Waals surface area contributed by atoms with Crippen LogP contribution < -0.4 is 0 Å². The SMILES string of the molecule is Oc1ccccc1SCc1ccc2ccccc2c1. The lowest BCUT2D eigenvalue weighted by molar-refractivity contribution is 0.462. The lowest BCUT2D eigenvalue weighted by Gasteiger charge is -2.05. The van der Waals surface area contributed by atoms with Crippen LogP contribution in [0.15, 0.2) is 71.6 Å². The number of hydrogen-bond donors (Lipinski definition) is 1. The van der Waals surface area contributed by atoms with Crippen LogP contribution in [0.4, 0.5) is 0 Å². The predicted molar refractivity (Wildman–Crippen MR) is 81.6 cm³/mol. The van der Waals surface area contributed by atoms with Crippen molar-refractivity contribution in [1.82, 2.24) is 0 Å². The molecular formula is C17H14OS. The molecule has 3 rings (SSSR count). The molecule has 0 aliphatic heterocycles. The summed E-state index contributed by atoms with van der Waals surface area (Å²) in [4.78, 5) is 0.927. The number of para-hydroxylation sites is 1. The van der Waals surface area contributed by atoms with Gasteiger partial charge in [-0.25, -0.2) is 0 Å². The number of phenolic OH excluding ortho intramolecular Hbond substituents is 1. The number of hydrogen-bond acceptors (Lipinski definition) is 2. The molecule has 0 saturated carbocycles. The Kier molecular flexibility index (Phi) is 3.43. The smallest absolute Gasteiger partial charge is 0.129 e. The fourth-order valence-corrected chi connectivity index (χ4v) is 2.96. The third-order valence-corrected chi connectivity index (χ3v) is 4.21. The van der Waals surface area contributed by atoms with E-state index in [9.17, 15) is 5.11 Å². The fourth-order valence-electron chi connectivity index (χ4n) is 2.07. The first-order valence-corrected chi connectivity index (χ1v) is 7.20. The Morgan fingerprint density at radius 2 is 1.53 bits per heavy atom. The van der Waals surface area contributed by atoms with Crippen LogP contribution in [0.2, 0.25) is 0 Å². The Bertz CT molecular complexity index is 706. The zero-order valence-electron chi connectivity index (χ0n) is 10.4. The average Bonchev–Trinajstić information content (AvgIpc) is 2.46. The van der Waals surface area contributed by atoms with E-state index in [0.29, 0.717) is 5.75 Å². The van der Waals surface area contributed by atoms with Crippen molar-refractivity contribution in [1.29, 1.82) is 0 Å². The summed E-state index contributed by atoms with van der Waals surface area (Å²) in [5, 5.41) is 12.3. The summed E-state index contributed by atoms with van der Waals surface area (Å²) < 4.78 is 0. The second-order valence-corrected chi connectivity index (χ2v) is 5.46. The van der Waals surface area contributed by atoms with Gasteiger partial charge < -0.3 is 5.11 Å². The molecule has 0 radical (unpaired) electrons. The highest BCUT2D eigenvalue weighted by Gasteiger charge is 2.02. The molecule has 3 aromatic carbocycles. The summed E-state index contributed by atoms with van der Waals surface area (Å²) in [5.74, 6) is 1.22. The van der Waals surface area contributed by atoms with Gasteiger partial charge in [-0.3, -0.25) is 0 Å². The Balaban J connectivity index is 1.80. The maximum Gasteiger partial charge on any atom is 0.129 e. The van der Waals surface area contributed by atoms with Gasteiger partial charge in [-0.05, 0) is 28.5 Å². The molecule has 0 unspecified atom stereocenters. The molecular weight excluding hydrogens is 252 g/mol. The molecule has 0 heterocycles. The van der Waals surface area contributed by atoms with Crippen LogP contribution in [0.5, 0.6) is 5.75 Å². The molecule has 19 heavy (non-hydrogen) atoms. The van der Waals surface area contributed by atoms with Crippen molar-refractivity contribution in [2.45, 2.75) is 10.6 Å². The lowest BCUT2D eigenvalue weighted by Crippen LogP contribution is -1.82. The monoisotopic (exact) mass is 266 g/mol. The summed E-state index contributed by atoms with van der Waals surface area (Å²) in [6.07, 6.45) is 0. The van der Waals surface area contributed by atoms with Crippen LogP contribution in [0, 0.1) is 0 Å². The highest BCUT2D eigenvalue weighted by Crippen LogP contribution is 2.31. The molecule has 2 heteroatoms. The van der Waals surface area contributed by atoms with E-state index in [0.717, 1.165) is 10.6 Å². The van der Waals surface area contributed by atoms with E-state index in [4.69, 9.17) is 0 Å². The Morgan fingerprint density at radius 1 is 0.789 bits per heavy atom. The summed E-state index contributed by atoms with van der Waals surface area (Å²) in [6, 6.07) is 22.3. The predicted octanol–water partition coefficient (Wildman–Crippen LogP) is 4.84. The summed E-state index contributed by atoms with van der Waals surface area (Å²) in [5.41, 5.74) is 1.27. The van der Waals surface area contributed by atoms with E-state index < -0.39 is 0 Å². The zero-order valence-corrected chi connectivity index (χ0v) is 11.2. The van der Waals surface area contributed by atoms with Crippen molar-refractivity contribution in [2.75, 3.05) is 0 Å². The molecule has 0 atom stereocenters. The molecule has 0 spiro atoms. The van der Waals surface area contributed by atoms with E-state index in [2.05, 4.69) is 42.5 Å². The number of phenols is 1. The summed E-state index contributed by atoms with van der Waals surface area (Å²) in [6.45, 7) is 0. The van der Waals surface area contributed by atoms with Gasteiger partial charge in [0.15, 0.2) is 0 Å². The highest BCUT2D eigenvalue weighted by atomic mass is 32.2. The number of thioether (sulfide) groups is 1. The van der Waals surface area contributed by atoms with Gasteiger partial charge in [-0.2, -0.15) is 0 Å². The maximum atomic E-state index is 9.74. The largest absolute Gasteiger partial charge is 0.507 e. The third-order valence-electron chi connectivity index (χ3n) is 3.07. The van der Waals surface area contributed by atoms with Gasteiger partial charge in [0, 0.05) is 10.6 Å². The van der Waals surface area contributed by atoms with Crippen LogP contribution >= 0.6 is 11.8 Å². The van der Waals surface area contributed by atoms with Crippen molar-refractivity contribution in [3.05, 3.63) is 72.3 Å². The molecule has 0 aromatic heterocycles. The molecule has 1 N–H and O–H groups in total. The maximum absolute atomic E-state index is 9.74. The van der Waals surface area contributed by atoms with Crippen LogP contribution in [0.1, 0.15) is 5.56 Å². The Morgan fingerprint density at radius 3 is 2.37 bits per heavy atom. The molecule has 1 nitrogen and oxygen atoms in total. The molecule has 0 fully saturated rings. The first kappa shape index (κ1) is 12.1. The number of rotatable bonds is 3. The van der Waals surface area contributed by atoms with Gasteiger partial charge >= 0.3 is 0 Å². The van der Waals surface area contributed by atoms with E-state index in [-0.39, 0.29) is 0 Å². The molecule has 94 valence electrons. The topological polar surface area (TPSA) is 20.2 Å². The van der Waals surface area contributed by atoms with E-state index in [1.165, 1.54) is 16.3 Å². The molecule has 0 aliphatic carbocycles. The summed E-state index contributed by atoms with van der Waals surface area (Å²) >= 11 is 1.66. The minimum atomic E-state index is 0.355. The van der Waals surface area contributed by atoms with E-state index in [1.54, 1.807) is 17.8 Å². The van der Waals surface area contributed by atoms with Crippen LogP contribution in [0.3, 0.4) is 0 Å². The second-order valence-electron chi connectivity index (χ2n) is 4.44. The highest BCUT2D eigenvalue weighted by molar-refractivity contribution is 7.98. The standard InChI is InChI=1S/C17H14OS/c18-16-7-3-4-8-17(16)19-12-13-9-10-14-5-1-2-6-15(14)11-13/h1-11,18H,12H2. The molecule has 0 bridgehead atoms. The molecule has 0 aliphatic rings. The Hall–Kier alpha value is -1.93. The first-order valence-electron chi connectivity index (χ1n) is 6.21. The lowest BCUT2D eigenvalue weighted by atomic mass is 10.1. The van der Waals surface area contributed by atoms with Crippen molar-refractivity contribution >= 4 is 22.5 Å². The number of aromatic hydroxyl groups is 1. The van der Waals surface area contributed by atoms with Gasteiger partial charge in [0.1, 0.15) is 5.75 Å². The molecule has 0 amide bonds.